The standard InChI is InChI=1S/C12H15BrN4O3/c13-8-1-2-10(11(5-8)17(19)20)16-4-3-15-9(7-16)6-12(14)18/h1-2,5,9,15H,3-4,6-7H2,(H2,14,18). The maximum Gasteiger partial charge on any atom is 0.293 e. The Bertz CT molecular complexity index is 537. The number of amides is 1. The zero-order chi connectivity index (χ0) is 14.7. The minimum absolute atomic E-state index is 0.0547. The normalized spacial score (nSPS) is 18.9. The predicted octanol–water partition coefficient (Wildman–Crippen LogP) is 1.01. The maximum absolute atomic E-state index is 11.1. The molecule has 1 aliphatic rings. The van der Waals surface area contributed by atoms with Crippen LogP contribution in [0.3, 0.4) is 0 Å². The summed E-state index contributed by atoms with van der Waals surface area (Å²) >= 11 is 3.24. The number of nitro benzene ring substituents is 1. The highest BCUT2D eigenvalue weighted by molar-refractivity contribution is 9.10. The number of anilines is 1. The van der Waals surface area contributed by atoms with E-state index in [9.17, 15) is 14.9 Å². The summed E-state index contributed by atoms with van der Waals surface area (Å²) in [6, 6.07) is 4.90. The van der Waals surface area contributed by atoms with E-state index >= 15 is 0 Å². The van der Waals surface area contributed by atoms with Gasteiger partial charge in [-0.1, -0.05) is 15.9 Å². The highest BCUT2D eigenvalue weighted by Gasteiger charge is 2.26. The third-order valence-electron chi connectivity index (χ3n) is 3.18. The first-order valence-corrected chi connectivity index (χ1v) is 6.97. The van der Waals surface area contributed by atoms with Crippen molar-refractivity contribution in [2.75, 3.05) is 24.5 Å². The lowest BCUT2D eigenvalue weighted by molar-refractivity contribution is -0.384. The topological polar surface area (TPSA) is 102 Å². The van der Waals surface area contributed by atoms with Crippen molar-refractivity contribution in [2.24, 2.45) is 5.73 Å². The quantitative estimate of drug-likeness (QED) is 0.628. The van der Waals surface area contributed by atoms with Gasteiger partial charge in [-0.25, -0.2) is 0 Å². The fourth-order valence-corrected chi connectivity index (χ4v) is 2.68. The summed E-state index contributed by atoms with van der Waals surface area (Å²) in [7, 11) is 0. The second-order valence-corrected chi connectivity index (χ2v) is 5.57. The van der Waals surface area contributed by atoms with E-state index in [1.807, 2.05) is 4.90 Å². The molecule has 3 N–H and O–H groups in total. The first-order chi connectivity index (χ1) is 9.47. The van der Waals surface area contributed by atoms with Gasteiger partial charge < -0.3 is 16.0 Å². The number of halogens is 1. The highest BCUT2D eigenvalue weighted by Crippen LogP contribution is 2.31. The molecule has 1 fully saturated rings. The second-order valence-electron chi connectivity index (χ2n) is 4.66. The summed E-state index contributed by atoms with van der Waals surface area (Å²) in [4.78, 5) is 23.6. The van der Waals surface area contributed by atoms with E-state index < -0.39 is 4.92 Å². The van der Waals surface area contributed by atoms with E-state index in [1.165, 1.54) is 6.07 Å². The summed E-state index contributed by atoms with van der Waals surface area (Å²) in [5.74, 6) is -0.380. The number of nitrogens with one attached hydrogen (secondary N) is 1. The van der Waals surface area contributed by atoms with Crippen LogP contribution in [0.1, 0.15) is 6.42 Å². The number of benzene rings is 1. The van der Waals surface area contributed by atoms with Crippen molar-refractivity contribution in [1.29, 1.82) is 0 Å². The minimum Gasteiger partial charge on any atom is -0.370 e. The lowest BCUT2D eigenvalue weighted by Gasteiger charge is -2.34. The van der Waals surface area contributed by atoms with Crippen LogP contribution in [0.5, 0.6) is 0 Å². The van der Waals surface area contributed by atoms with Gasteiger partial charge in [0.05, 0.1) is 4.92 Å². The van der Waals surface area contributed by atoms with Crippen molar-refractivity contribution in [1.82, 2.24) is 5.32 Å². The van der Waals surface area contributed by atoms with E-state index in [1.54, 1.807) is 12.1 Å². The van der Waals surface area contributed by atoms with E-state index in [0.29, 0.717) is 29.8 Å². The molecule has 1 heterocycles. The lowest BCUT2D eigenvalue weighted by Crippen LogP contribution is -2.52. The molecule has 0 radical (unpaired) electrons. The van der Waals surface area contributed by atoms with E-state index in [4.69, 9.17) is 5.73 Å². The Kier molecular flexibility index (Phi) is 4.56. The molecule has 20 heavy (non-hydrogen) atoms. The van der Waals surface area contributed by atoms with E-state index in [-0.39, 0.29) is 24.1 Å². The fourth-order valence-electron chi connectivity index (χ4n) is 2.33. The molecule has 0 saturated carbocycles. The van der Waals surface area contributed by atoms with Gasteiger partial charge in [0, 0.05) is 42.6 Å². The van der Waals surface area contributed by atoms with Gasteiger partial charge in [0.2, 0.25) is 5.91 Å². The number of piperazine rings is 1. The molecule has 1 saturated heterocycles. The SMILES string of the molecule is NC(=O)CC1CN(c2ccc(Br)cc2[N+](=O)[O-])CCN1. The van der Waals surface area contributed by atoms with Crippen LogP contribution >= 0.6 is 15.9 Å². The molecule has 0 spiro atoms. The molecule has 8 heteroatoms. The highest BCUT2D eigenvalue weighted by atomic mass is 79.9. The van der Waals surface area contributed by atoms with Gasteiger partial charge in [-0.15, -0.1) is 0 Å². The summed E-state index contributed by atoms with van der Waals surface area (Å²) in [6.45, 7) is 1.83. The second kappa shape index (κ2) is 6.19. The molecule has 7 nitrogen and oxygen atoms in total. The number of carbonyl (C=O) groups excluding carboxylic acids is 1. The van der Waals surface area contributed by atoms with Crippen molar-refractivity contribution in [2.45, 2.75) is 12.5 Å². The lowest BCUT2D eigenvalue weighted by atomic mass is 10.1. The van der Waals surface area contributed by atoms with Crippen LogP contribution in [-0.4, -0.2) is 36.5 Å². The molecule has 1 aromatic carbocycles. The third kappa shape index (κ3) is 3.45. The Balaban J connectivity index is 2.22. The Morgan fingerprint density at radius 3 is 3.00 bits per heavy atom. The Hall–Kier alpha value is -1.67. The summed E-state index contributed by atoms with van der Waals surface area (Å²) in [5.41, 5.74) is 5.81. The molecule has 1 aromatic rings. The van der Waals surface area contributed by atoms with Gasteiger partial charge >= 0.3 is 0 Å². The van der Waals surface area contributed by atoms with Gasteiger partial charge in [0.1, 0.15) is 5.69 Å². The molecule has 1 amide bonds. The van der Waals surface area contributed by atoms with Gasteiger partial charge in [-0.2, -0.15) is 0 Å². The Morgan fingerprint density at radius 2 is 2.35 bits per heavy atom. The predicted molar refractivity (Wildman–Crippen MR) is 78.6 cm³/mol. The summed E-state index contributed by atoms with van der Waals surface area (Å²) in [6.07, 6.45) is 0.223. The van der Waals surface area contributed by atoms with Crippen LogP contribution in [0.2, 0.25) is 0 Å². The number of nitro groups is 1. The number of hydrogen-bond donors (Lipinski definition) is 2. The molecule has 0 aromatic heterocycles. The van der Waals surface area contributed by atoms with Crippen LogP contribution < -0.4 is 16.0 Å². The molecule has 0 bridgehead atoms. The molecule has 2 rings (SSSR count). The number of nitrogens with two attached hydrogens (primary N) is 1. The smallest absolute Gasteiger partial charge is 0.293 e. The molecular weight excluding hydrogens is 328 g/mol. The molecular formula is C12H15BrN4O3. The number of nitrogens with zero attached hydrogens (tertiary/aromatic N) is 2. The summed E-state index contributed by atoms with van der Waals surface area (Å²) < 4.78 is 0.664. The van der Waals surface area contributed by atoms with Gasteiger partial charge in [0.15, 0.2) is 0 Å². The Labute approximate surface area is 124 Å². The Morgan fingerprint density at radius 1 is 1.60 bits per heavy atom. The fraction of sp³-hybridized carbons (Fsp3) is 0.417. The molecule has 1 unspecified atom stereocenters. The maximum atomic E-state index is 11.1. The first kappa shape index (κ1) is 14.7. The van der Waals surface area contributed by atoms with Crippen molar-refractivity contribution in [3.63, 3.8) is 0 Å². The van der Waals surface area contributed by atoms with Crippen LogP contribution in [0.25, 0.3) is 0 Å². The molecule has 1 atom stereocenters. The zero-order valence-electron chi connectivity index (χ0n) is 10.7. The monoisotopic (exact) mass is 342 g/mol. The van der Waals surface area contributed by atoms with Crippen LogP contribution in [0, 0.1) is 10.1 Å². The first-order valence-electron chi connectivity index (χ1n) is 6.18. The molecule has 0 aliphatic carbocycles. The third-order valence-corrected chi connectivity index (χ3v) is 3.67. The average Bonchev–Trinajstić information content (AvgIpc) is 2.38. The summed E-state index contributed by atoms with van der Waals surface area (Å²) in [5, 5.41) is 14.3. The number of rotatable bonds is 4. The number of hydrogen-bond acceptors (Lipinski definition) is 5. The van der Waals surface area contributed by atoms with E-state index in [2.05, 4.69) is 21.2 Å². The van der Waals surface area contributed by atoms with E-state index in [0.717, 1.165) is 0 Å². The number of carbonyl (C=O) groups is 1. The van der Waals surface area contributed by atoms with Gasteiger partial charge in [-0.3, -0.25) is 14.9 Å². The van der Waals surface area contributed by atoms with Crippen molar-refractivity contribution < 1.29 is 9.72 Å². The van der Waals surface area contributed by atoms with Crippen LogP contribution in [0.4, 0.5) is 11.4 Å². The van der Waals surface area contributed by atoms with Crippen LogP contribution in [0.15, 0.2) is 22.7 Å². The molecule has 108 valence electrons. The largest absolute Gasteiger partial charge is 0.370 e. The molecule has 1 aliphatic heterocycles. The van der Waals surface area contributed by atoms with Crippen molar-refractivity contribution in [3.8, 4) is 0 Å². The van der Waals surface area contributed by atoms with Crippen LogP contribution in [-0.2, 0) is 4.79 Å². The zero-order valence-corrected chi connectivity index (χ0v) is 12.3. The van der Waals surface area contributed by atoms with Gasteiger partial charge in [-0.05, 0) is 12.1 Å². The van der Waals surface area contributed by atoms with Crippen molar-refractivity contribution >= 4 is 33.2 Å². The minimum atomic E-state index is -0.398. The van der Waals surface area contributed by atoms with Crippen molar-refractivity contribution in [3.05, 3.63) is 32.8 Å². The average molecular weight is 343 g/mol. The van der Waals surface area contributed by atoms with Gasteiger partial charge in [0.25, 0.3) is 5.69 Å². The number of primary amides is 1.